The van der Waals surface area contributed by atoms with Crippen molar-refractivity contribution in [2.75, 3.05) is 20.4 Å². The van der Waals surface area contributed by atoms with E-state index in [1.165, 1.54) is 10.8 Å². The molecule has 1 amide bonds. The van der Waals surface area contributed by atoms with Crippen LogP contribution in [0.5, 0.6) is 11.5 Å². The topological polar surface area (TPSA) is 88.9 Å². The second-order valence-electron chi connectivity index (χ2n) is 7.47. The molecule has 6 rings (SSSR count). The predicted octanol–water partition coefficient (Wildman–Crippen LogP) is 1.60. The average Bonchev–Trinajstić information content (AvgIpc) is 3.17. The Balaban J connectivity index is 1.67. The molecule has 5 atom stereocenters. The van der Waals surface area contributed by atoms with Crippen molar-refractivity contribution < 1.29 is 18.8 Å². The van der Waals surface area contributed by atoms with E-state index in [9.17, 15) is 14.6 Å². The molecule has 26 heavy (non-hydrogen) atoms. The van der Waals surface area contributed by atoms with E-state index in [4.69, 9.17) is 9.47 Å². The van der Waals surface area contributed by atoms with Gasteiger partial charge in [0.15, 0.2) is 16.9 Å². The summed E-state index contributed by atoms with van der Waals surface area (Å²) in [6.45, 7) is 2.54. The SMILES string of the molecule is CN1CC23C[C@](C)(C#N)C(c4ccc5c(c4)OCO5)N2C(=O)C1S[S+]3[O-]. The molecule has 0 aromatic heterocycles. The quantitative estimate of drug-likeness (QED) is 0.531. The summed E-state index contributed by atoms with van der Waals surface area (Å²) >= 11 is 0. The zero-order valence-electron chi connectivity index (χ0n) is 14.3. The monoisotopic (exact) mass is 391 g/mol. The Hall–Kier alpha value is -1.60. The Bertz CT molecular complexity index is 861. The van der Waals surface area contributed by atoms with Crippen LogP contribution < -0.4 is 9.47 Å². The molecule has 0 radical (unpaired) electrons. The maximum atomic E-state index is 13.2. The lowest BCUT2D eigenvalue weighted by Crippen LogP contribution is -2.71. The van der Waals surface area contributed by atoms with Gasteiger partial charge in [0.25, 0.3) is 5.91 Å². The number of rotatable bonds is 1. The van der Waals surface area contributed by atoms with Gasteiger partial charge >= 0.3 is 0 Å². The number of hydrogen-bond acceptors (Lipinski definition) is 7. The number of likely N-dealkylation sites (N-methyl/N-ethyl adjacent to an activating group) is 1. The summed E-state index contributed by atoms with van der Waals surface area (Å²) in [6.07, 6.45) is 0.387. The molecule has 9 heteroatoms. The van der Waals surface area contributed by atoms with Gasteiger partial charge in [0.1, 0.15) is 10.8 Å². The summed E-state index contributed by atoms with van der Waals surface area (Å²) in [5.74, 6) is 1.21. The minimum Gasteiger partial charge on any atom is -0.603 e. The molecule has 0 N–H and O–H groups in total. The third-order valence-electron chi connectivity index (χ3n) is 5.75. The zero-order valence-corrected chi connectivity index (χ0v) is 15.9. The second kappa shape index (κ2) is 5.23. The van der Waals surface area contributed by atoms with Crippen molar-refractivity contribution >= 4 is 26.9 Å². The van der Waals surface area contributed by atoms with Gasteiger partial charge in [-0.1, -0.05) is 6.07 Å². The van der Waals surface area contributed by atoms with Gasteiger partial charge in [0, 0.05) is 6.42 Å². The highest BCUT2D eigenvalue weighted by Crippen LogP contribution is 2.63. The maximum Gasteiger partial charge on any atom is 0.259 e. The first-order chi connectivity index (χ1) is 12.4. The van der Waals surface area contributed by atoms with Crippen molar-refractivity contribution in [1.29, 1.82) is 5.26 Å². The van der Waals surface area contributed by atoms with Crippen LogP contribution in [-0.2, 0) is 15.0 Å². The number of amides is 1. The summed E-state index contributed by atoms with van der Waals surface area (Å²) in [6, 6.07) is 7.49. The number of nitrogens with zero attached hydrogens (tertiary/aromatic N) is 3. The number of hydrogen-bond donors (Lipinski definition) is 0. The smallest absolute Gasteiger partial charge is 0.259 e. The van der Waals surface area contributed by atoms with Crippen molar-refractivity contribution in [1.82, 2.24) is 9.80 Å². The van der Waals surface area contributed by atoms with Crippen LogP contribution in [0.15, 0.2) is 18.2 Å². The van der Waals surface area contributed by atoms with Crippen LogP contribution in [0.4, 0.5) is 0 Å². The van der Waals surface area contributed by atoms with Crippen molar-refractivity contribution in [3.05, 3.63) is 23.8 Å². The first kappa shape index (κ1) is 16.6. The molecule has 5 aliphatic rings. The Kier molecular flexibility index (Phi) is 3.33. The van der Waals surface area contributed by atoms with E-state index in [1.54, 1.807) is 4.90 Å². The number of nitriles is 1. The lowest BCUT2D eigenvalue weighted by molar-refractivity contribution is -0.144. The minimum atomic E-state index is -1.26. The average molecular weight is 391 g/mol. The van der Waals surface area contributed by atoms with Crippen LogP contribution in [0, 0.1) is 16.7 Å². The summed E-state index contributed by atoms with van der Waals surface area (Å²) in [7, 11) is 1.81. The van der Waals surface area contributed by atoms with Gasteiger partial charge < -0.3 is 14.0 Å². The van der Waals surface area contributed by atoms with E-state index < -0.39 is 31.9 Å². The van der Waals surface area contributed by atoms with E-state index in [0.29, 0.717) is 24.5 Å². The molecule has 1 spiro atoms. The van der Waals surface area contributed by atoms with E-state index >= 15 is 0 Å². The second-order valence-corrected chi connectivity index (χ2v) is 10.8. The van der Waals surface area contributed by atoms with Crippen LogP contribution >= 0.6 is 10.8 Å². The van der Waals surface area contributed by atoms with E-state index in [1.807, 2.05) is 37.1 Å². The normalized spacial score (nSPS) is 40.6. The third kappa shape index (κ3) is 1.90. The number of fused-ring (bicyclic) bond motifs is 3. The molecule has 1 aromatic rings. The molecule has 0 saturated carbocycles. The number of ether oxygens (including phenoxy) is 2. The zero-order chi connectivity index (χ0) is 18.3. The number of carbonyl (C=O) groups is 1. The molecule has 1 aromatic carbocycles. The van der Waals surface area contributed by atoms with E-state index in [-0.39, 0.29) is 12.7 Å². The molecular formula is C17H17N3O4S2. The fourth-order valence-corrected chi connectivity index (χ4v) is 8.84. The molecule has 0 aliphatic carbocycles. The molecule has 5 aliphatic heterocycles. The summed E-state index contributed by atoms with van der Waals surface area (Å²) in [4.78, 5) is 16.1. The van der Waals surface area contributed by atoms with Crippen molar-refractivity contribution in [3.8, 4) is 17.6 Å². The highest BCUT2D eigenvalue weighted by atomic mass is 33.1. The van der Waals surface area contributed by atoms with Gasteiger partial charge in [-0.15, -0.1) is 0 Å². The Labute approximate surface area is 157 Å². The largest absolute Gasteiger partial charge is 0.603 e. The van der Waals surface area contributed by atoms with Crippen LogP contribution in [0.1, 0.15) is 24.9 Å². The first-order valence-corrected chi connectivity index (χ1v) is 10.9. The number of carbonyl (C=O) groups excluding carboxylic acids is 1. The maximum absolute atomic E-state index is 13.2. The third-order valence-corrected chi connectivity index (χ3v) is 9.76. The molecule has 4 fully saturated rings. The fraction of sp³-hybridized carbons (Fsp3) is 0.529. The van der Waals surface area contributed by atoms with Crippen LogP contribution in [0.25, 0.3) is 0 Å². The number of piperazine rings is 1. The standard InChI is InChI=1S/C17H17N3O4S2/c1-16(7-18)6-17-8-19(2)15(25-26(17)22)14(21)20(17)13(16)10-3-4-11-12(5-10)24-9-23-11/h3-5,13,15H,6,8-9H2,1-2H3/t13?,15?,16-,17?,26?/m1/s1. The van der Waals surface area contributed by atoms with Crippen LogP contribution in [-0.4, -0.2) is 50.9 Å². The van der Waals surface area contributed by atoms with Crippen molar-refractivity contribution in [3.63, 3.8) is 0 Å². The van der Waals surface area contributed by atoms with Gasteiger partial charge in [-0.3, -0.25) is 14.6 Å². The lowest BCUT2D eigenvalue weighted by atomic mass is 9.79. The van der Waals surface area contributed by atoms with Crippen molar-refractivity contribution in [2.24, 2.45) is 5.41 Å². The molecule has 5 heterocycles. The fourth-order valence-electron chi connectivity index (χ4n) is 4.70. The Morgan fingerprint density at radius 2 is 2.19 bits per heavy atom. The van der Waals surface area contributed by atoms with E-state index in [2.05, 4.69) is 6.07 Å². The molecular weight excluding hydrogens is 374 g/mol. The van der Waals surface area contributed by atoms with Gasteiger partial charge in [-0.05, 0) is 31.7 Å². The molecule has 136 valence electrons. The number of benzene rings is 1. The van der Waals surface area contributed by atoms with Crippen LogP contribution in [0.2, 0.25) is 0 Å². The highest BCUT2D eigenvalue weighted by Gasteiger charge is 2.74. The van der Waals surface area contributed by atoms with Gasteiger partial charge in [-0.2, -0.15) is 5.26 Å². The molecule has 4 saturated heterocycles. The van der Waals surface area contributed by atoms with Gasteiger partial charge in [0.05, 0.1) is 34.3 Å². The molecule has 4 unspecified atom stereocenters. The summed E-state index contributed by atoms with van der Waals surface area (Å²) < 4.78 is 23.9. The highest BCUT2D eigenvalue weighted by molar-refractivity contribution is 8.73. The summed E-state index contributed by atoms with van der Waals surface area (Å²) in [5.41, 5.74) is -0.0136. The first-order valence-electron chi connectivity index (χ1n) is 8.33. The molecule has 2 bridgehead atoms. The lowest BCUT2D eigenvalue weighted by Gasteiger charge is -2.53. The predicted molar refractivity (Wildman–Crippen MR) is 95.4 cm³/mol. The van der Waals surface area contributed by atoms with E-state index in [0.717, 1.165) is 5.56 Å². The molecule has 7 nitrogen and oxygen atoms in total. The Morgan fingerprint density at radius 1 is 1.42 bits per heavy atom. The minimum absolute atomic E-state index is 0.0648. The van der Waals surface area contributed by atoms with Crippen molar-refractivity contribution in [2.45, 2.75) is 29.6 Å². The summed E-state index contributed by atoms with van der Waals surface area (Å²) in [5, 5.41) is 9.53. The van der Waals surface area contributed by atoms with Crippen LogP contribution in [0.3, 0.4) is 0 Å². The van der Waals surface area contributed by atoms with Gasteiger partial charge in [0.2, 0.25) is 11.7 Å². The van der Waals surface area contributed by atoms with Gasteiger partial charge in [-0.25, -0.2) is 0 Å². The Morgan fingerprint density at radius 3 is 2.96 bits per heavy atom.